The molecule has 45 heavy (non-hydrogen) atoms. The number of hydrogen-bond acceptors (Lipinski definition) is 28. The molecular formula is H6O34P4S7. The molecule has 0 amide bonds. The van der Waals surface area contributed by atoms with Gasteiger partial charge in [0.2, 0.25) is 0 Å². The summed E-state index contributed by atoms with van der Waals surface area (Å²) >= 11 is 0. The predicted molar refractivity (Wildman–Crippen MR) is 119 cm³/mol. The van der Waals surface area contributed by atoms with Gasteiger partial charge in [-0.3, -0.25) is 18.2 Å². The smallest absolute Gasteiger partial charge is 0.301 e. The highest BCUT2D eigenvalue weighted by Gasteiger charge is 2.52. The summed E-state index contributed by atoms with van der Waals surface area (Å²) in [7, 11) is -75.5. The molecule has 0 rings (SSSR count). The van der Waals surface area contributed by atoms with E-state index in [-0.39, 0.29) is 0 Å². The van der Waals surface area contributed by atoms with Gasteiger partial charge < -0.3 is 9.79 Å². The molecule has 34 nitrogen and oxygen atoms in total. The third kappa shape index (κ3) is 21.5. The Hall–Kier alpha value is -0.0700. The van der Waals surface area contributed by atoms with Crippen molar-refractivity contribution in [3.63, 3.8) is 0 Å². The van der Waals surface area contributed by atoms with Crippen LogP contribution in [0.3, 0.4) is 0 Å². The lowest BCUT2D eigenvalue weighted by Gasteiger charge is -2.17. The van der Waals surface area contributed by atoms with E-state index in [0.717, 1.165) is 0 Å². The molecule has 0 saturated carbocycles. The number of rotatable bonds is 20. The van der Waals surface area contributed by atoms with Crippen molar-refractivity contribution >= 4 is 104 Å². The van der Waals surface area contributed by atoms with E-state index in [0.29, 0.717) is 0 Å². The van der Waals surface area contributed by atoms with Crippen LogP contribution in [0.15, 0.2) is 0 Å². The fourth-order valence-electron chi connectivity index (χ4n) is 1.29. The molecule has 45 heteroatoms. The first-order valence-electron chi connectivity index (χ1n) is 7.69. The van der Waals surface area contributed by atoms with E-state index in [1.165, 1.54) is 0 Å². The lowest BCUT2D eigenvalue weighted by Crippen LogP contribution is -2.19. The third-order valence-electron chi connectivity index (χ3n) is 1.85. The molecule has 0 aromatic rings. The summed E-state index contributed by atoms with van der Waals surface area (Å²) in [5, 5.41) is 0. The molecule has 0 aliphatic carbocycles. The Balaban J connectivity index is 6.72. The first-order valence-corrected chi connectivity index (χ1v) is 23.1. The monoisotopic (exact) mass is 898 g/mol. The molecule has 272 valence electrons. The molecule has 0 radical (unpaired) electrons. The maximum Gasteiger partial charge on any atom is 0.524 e. The Morgan fingerprint density at radius 2 is 0.489 bits per heavy atom. The molecular weight excluding hydrogens is 892 g/mol. The van der Waals surface area contributed by atoms with Crippen LogP contribution in [0, 0.1) is 0 Å². The van der Waals surface area contributed by atoms with Gasteiger partial charge in [-0.15, -0.1) is 39.7 Å². The highest BCUT2D eigenvalue weighted by molar-refractivity contribution is 7.98. The normalized spacial score (nSPS) is 19.9. The van der Waals surface area contributed by atoms with Gasteiger partial charge in [0.05, 0.1) is 0 Å². The Morgan fingerprint density at radius 3 is 0.667 bits per heavy atom. The highest BCUT2D eigenvalue weighted by atomic mass is 32.3. The maximum absolute atomic E-state index is 12.3. The van der Waals surface area contributed by atoms with Crippen LogP contribution in [0.5, 0.6) is 0 Å². The summed E-state index contributed by atoms with van der Waals surface area (Å²) in [4.78, 5) is 17.8. The van der Waals surface area contributed by atoms with Crippen molar-refractivity contribution in [2.75, 3.05) is 0 Å². The third-order valence-corrected chi connectivity index (χ3v) is 16.6. The van der Waals surface area contributed by atoms with Gasteiger partial charge in [0.25, 0.3) is 0 Å². The Morgan fingerprint density at radius 1 is 0.311 bits per heavy atom. The minimum absolute atomic E-state index is 2.76. The van der Waals surface area contributed by atoms with Gasteiger partial charge in [0.1, 0.15) is 0 Å². The molecule has 0 bridgehead atoms. The fraction of sp³-hybridized carbons (Fsp3) is 0. The topological polar surface area (TPSA) is 521 Å². The van der Waals surface area contributed by atoms with E-state index < -0.39 is 104 Å². The summed E-state index contributed by atoms with van der Waals surface area (Å²) in [5.41, 5.74) is 0. The zero-order valence-corrected chi connectivity index (χ0v) is 28.1. The van der Waals surface area contributed by atoms with E-state index in [2.05, 4.69) is 39.7 Å². The molecule has 0 aromatic carbocycles. The first-order chi connectivity index (χ1) is 19.1. The quantitative estimate of drug-likeness (QED) is 0.0510. The van der Waals surface area contributed by atoms with Crippen molar-refractivity contribution in [2.45, 2.75) is 0 Å². The van der Waals surface area contributed by atoms with Gasteiger partial charge in [0, 0.05) is 0 Å². The zero-order chi connectivity index (χ0) is 36.6. The van der Waals surface area contributed by atoms with Crippen LogP contribution in [0.4, 0.5) is 0 Å². The molecule has 4 atom stereocenters. The van der Waals surface area contributed by atoms with E-state index in [4.69, 9.17) is 28.0 Å². The molecule has 0 aromatic heterocycles. The standard InChI is InChI=1S/H6O34P4S7/c1-35(2,25-39(7,8)9)27-43(19,20)31-37(5,29-41(13,14)15)33-45(23,24)34-38(6,30-42(16,17)18)32-44(21,22)28-36(3,4)26-40(10,11)12/h(H,1,2)(H,3,4)(H,7,8,9)(H,10,11,12)(H,13,14,15)(H,16,17,18). The fourth-order valence-corrected chi connectivity index (χ4v) is 14.1. The minimum atomic E-state index is -7.55. The molecule has 0 aliphatic rings. The van der Waals surface area contributed by atoms with E-state index in [1.807, 2.05) is 0 Å². The molecule has 0 heterocycles. The van der Waals surface area contributed by atoms with Crippen molar-refractivity contribution in [2.24, 2.45) is 0 Å². The lowest BCUT2D eigenvalue weighted by atomic mass is 15.7. The SMILES string of the molecule is O=P(O)(OS(=O)(=O)O)OS(=O)(=O)OP(=O)(OS(=O)(=O)O)OS(=O)(=O)OP(=O)(OS(=O)(=O)O)OS(=O)(=O)OP(=O)(O)OS(=O)(=O)O. The summed E-state index contributed by atoms with van der Waals surface area (Å²) < 4.78 is 264. The van der Waals surface area contributed by atoms with Gasteiger partial charge in [-0.2, -0.15) is 58.9 Å². The van der Waals surface area contributed by atoms with Crippen molar-refractivity contribution < 1.29 is 145 Å². The Kier molecular flexibility index (Phi) is 14.0. The van der Waals surface area contributed by atoms with Crippen LogP contribution < -0.4 is 0 Å². The van der Waals surface area contributed by atoms with Crippen molar-refractivity contribution in [3.8, 4) is 0 Å². The molecule has 0 saturated heterocycles. The molecule has 0 fully saturated rings. The second-order valence-electron chi connectivity index (χ2n) is 5.51. The van der Waals surface area contributed by atoms with Crippen molar-refractivity contribution in [1.29, 1.82) is 0 Å². The van der Waals surface area contributed by atoms with Crippen LogP contribution in [0.25, 0.3) is 0 Å². The largest absolute Gasteiger partial charge is 0.524 e. The summed E-state index contributed by atoms with van der Waals surface area (Å²) in [6.07, 6.45) is 0. The van der Waals surface area contributed by atoms with Crippen LogP contribution in [0.2, 0.25) is 0 Å². The van der Waals surface area contributed by atoms with Gasteiger partial charge in [-0.25, -0.2) is 18.3 Å². The van der Waals surface area contributed by atoms with Crippen LogP contribution in [-0.4, -0.2) is 86.9 Å². The highest BCUT2D eigenvalue weighted by Crippen LogP contribution is 2.61. The van der Waals surface area contributed by atoms with Crippen molar-refractivity contribution in [1.82, 2.24) is 0 Å². The van der Waals surface area contributed by atoms with Crippen LogP contribution in [-0.2, 0) is 131 Å². The van der Waals surface area contributed by atoms with Crippen LogP contribution >= 0.6 is 31.3 Å². The predicted octanol–water partition coefficient (Wildman–Crippen LogP) is -3.48. The molecule has 0 spiro atoms. The molecule has 6 N–H and O–H groups in total. The second kappa shape index (κ2) is 14.0. The van der Waals surface area contributed by atoms with E-state index in [1.54, 1.807) is 0 Å². The second-order valence-corrected chi connectivity index (χ2v) is 21.0. The van der Waals surface area contributed by atoms with Gasteiger partial charge in [-0.05, 0) is 0 Å². The zero-order valence-electron chi connectivity index (χ0n) is 18.8. The lowest BCUT2D eigenvalue weighted by molar-refractivity contribution is 0.237. The van der Waals surface area contributed by atoms with E-state index >= 15 is 0 Å². The van der Waals surface area contributed by atoms with E-state index in [9.17, 15) is 77.2 Å². The van der Waals surface area contributed by atoms with Gasteiger partial charge in [-0.1, -0.05) is 0 Å². The minimum Gasteiger partial charge on any atom is -0.301 e. The summed E-state index contributed by atoms with van der Waals surface area (Å²) in [5.74, 6) is 0. The van der Waals surface area contributed by atoms with Gasteiger partial charge in [0.15, 0.2) is 0 Å². The average molecular weight is 898 g/mol. The first kappa shape index (κ1) is 44.9. The molecule has 0 aliphatic heterocycles. The number of hydrogen-bond donors (Lipinski definition) is 6. The Labute approximate surface area is 248 Å². The van der Waals surface area contributed by atoms with Crippen molar-refractivity contribution in [3.05, 3.63) is 0 Å². The van der Waals surface area contributed by atoms with Crippen LogP contribution in [0.1, 0.15) is 0 Å². The number of phosphoric acid groups is 4. The Bertz CT molecular complexity index is 1950. The summed E-state index contributed by atoms with van der Waals surface area (Å²) in [6.45, 7) is 0. The maximum atomic E-state index is 12.3. The summed E-state index contributed by atoms with van der Waals surface area (Å²) in [6, 6.07) is 0. The molecule has 4 unspecified atom stereocenters. The average Bonchev–Trinajstić information content (AvgIpc) is 2.45. The van der Waals surface area contributed by atoms with Gasteiger partial charge >= 0.3 is 104 Å².